The van der Waals surface area contributed by atoms with Gasteiger partial charge >= 0.3 is 0 Å². The van der Waals surface area contributed by atoms with Crippen molar-refractivity contribution in [1.29, 1.82) is 0 Å². The average molecular weight is 491 g/mol. The number of fused-ring (bicyclic) bond motifs is 1. The van der Waals surface area contributed by atoms with E-state index < -0.39 is 0 Å². The van der Waals surface area contributed by atoms with Crippen LogP contribution in [0.3, 0.4) is 0 Å². The van der Waals surface area contributed by atoms with Gasteiger partial charge in [0.05, 0.1) is 12.3 Å². The smallest absolute Gasteiger partial charge is 0.282 e. The van der Waals surface area contributed by atoms with E-state index in [-0.39, 0.29) is 12.7 Å². The van der Waals surface area contributed by atoms with Crippen molar-refractivity contribution < 1.29 is 19.0 Å². The number of hydrogen-bond donors (Lipinski definition) is 0. The molecule has 5 rings (SSSR count). The lowest BCUT2D eigenvalue weighted by atomic mass is 10.1. The Kier molecular flexibility index (Phi) is 5.41. The Bertz CT molecular complexity index is 1230. The van der Waals surface area contributed by atoms with E-state index in [0.29, 0.717) is 35.3 Å². The molecule has 0 unspecified atom stereocenters. The molecule has 0 radical (unpaired) electrons. The lowest BCUT2D eigenvalue weighted by Crippen LogP contribution is -2.32. The summed E-state index contributed by atoms with van der Waals surface area (Å²) in [4.78, 5) is 19.8. The number of halogens is 1. The first-order valence-electron chi connectivity index (χ1n) is 10.2. The third-order valence-corrected chi connectivity index (χ3v) is 5.60. The molecule has 32 heavy (non-hydrogen) atoms. The molecule has 160 valence electrons. The van der Waals surface area contributed by atoms with Crippen LogP contribution in [0, 0.1) is 0 Å². The molecule has 0 spiro atoms. The summed E-state index contributed by atoms with van der Waals surface area (Å²) in [6.45, 7) is 2.71. The zero-order valence-electron chi connectivity index (χ0n) is 17.2. The summed E-state index contributed by atoms with van der Waals surface area (Å²) in [6, 6.07) is 20.7. The highest BCUT2D eigenvalue weighted by molar-refractivity contribution is 9.10. The maximum atomic E-state index is 13.5. The van der Waals surface area contributed by atoms with Crippen LogP contribution in [0.4, 0.5) is 5.69 Å². The normalized spacial score (nSPS) is 15.9. The molecule has 3 aromatic rings. The van der Waals surface area contributed by atoms with Crippen LogP contribution in [-0.4, -0.2) is 25.1 Å². The van der Waals surface area contributed by atoms with Crippen molar-refractivity contribution >= 4 is 39.4 Å². The predicted molar refractivity (Wildman–Crippen MR) is 126 cm³/mol. The van der Waals surface area contributed by atoms with E-state index in [1.807, 2.05) is 73.7 Å². The SMILES string of the molecule is CCOc1ccc(N2C(=O)/C(=C\c3ccc4c(c3)OCO4)N=C2c2ccc(Br)cc2)cc1. The third-order valence-electron chi connectivity index (χ3n) is 5.07. The highest BCUT2D eigenvalue weighted by Gasteiger charge is 2.32. The van der Waals surface area contributed by atoms with Gasteiger partial charge in [-0.2, -0.15) is 0 Å². The van der Waals surface area contributed by atoms with Gasteiger partial charge in [0.2, 0.25) is 6.79 Å². The number of benzene rings is 3. The van der Waals surface area contributed by atoms with Crippen molar-refractivity contribution in [2.75, 3.05) is 18.3 Å². The van der Waals surface area contributed by atoms with Crippen LogP contribution in [0.15, 0.2) is 81.9 Å². The van der Waals surface area contributed by atoms with E-state index in [2.05, 4.69) is 15.9 Å². The summed E-state index contributed by atoms with van der Waals surface area (Å²) in [5.74, 6) is 2.47. The van der Waals surface area contributed by atoms with Crippen LogP contribution >= 0.6 is 15.9 Å². The summed E-state index contributed by atoms with van der Waals surface area (Å²) < 4.78 is 17.3. The molecule has 0 aromatic heterocycles. The number of carbonyl (C=O) groups is 1. The second-order valence-electron chi connectivity index (χ2n) is 7.15. The van der Waals surface area contributed by atoms with Crippen LogP contribution in [0.2, 0.25) is 0 Å². The maximum Gasteiger partial charge on any atom is 0.282 e. The van der Waals surface area contributed by atoms with Gasteiger partial charge in [-0.25, -0.2) is 4.99 Å². The topological polar surface area (TPSA) is 60.4 Å². The number of nitrogens with zero attached hydrogens (tertiary/aromatic N) is 2. The van der Waals surface area contributed by atoms with Crippen LogP contribution < -0.4 is 19.1 Å². The number of ether oxygens (including phenoxy) is 3. The molecule has 0 bridgehead atoms. The van der Waals surface area contributed by atoms with Gasteiger partial charge in [0.15, 0.2) is 11.5 Å². The van der Waals surface area contributed by atoms with Gasteiger partial charge in [0.25, 0.3) is 5.91 Å². The Balaban J connectivity index is 1.55. The van der Waals surface area contributed by atoms with Gasteiger partial charge in [-0.3, -0.25) is 9.69 Å². The van der Waals surface area contributed by atoms with Crippen LogP contribution in [-0.2, 0) is 4.79 Å². The van der Waals surface area contributed by atoms with Crippen molar-refractivity contribution in [2.24, 2.45) is 4.99 Å². The standard InChI is InChI=1S/C25H19BrN2O4/c1-2-30-20-10-8-19(9-11-20)28-24(17-4-6-18(26)7-5-17)27-21(25(28)29)13-16-3-12-22-23(14-16)32-15-31-22/h3-14H,2,15H2,1H3/b21-13+. The molecule has 2 heterocycles. The van der Waals surface area contributed by atoms with Gasteiger partial charge in [-0.15, -0.1) is 0 Å². The molecular weight excluding hydrogens is 472 g/mol. The van der Waals surface area contributed by atoms with Gasteiger partial charge < -0.3 is 14.2 Å². The molecule has 0 saturated carbocycles. The van der Waals surface area contributed by atoms with Crippen LogP contribution in [0.5, 0.6) is 17.2 Å². The zero-order chi connectivity index (χ0) is 22.1. The molecule has 0 aliphatic carbocycles. The van der Waals surface area contributed by atoms with E-state index in [1.54, 1.807) is 11.0 Å². The maximum absolute atomic E-state index is 13.5. The van der Waals surface area contributed by atoms with Gasteiger partial charge in [0.1, 0.15) is 17.3 Å². The first kappa shape index (κ1) is 20.3. The molecule has 0 fully saturated rings. The Morgan fingerprint density at radius 1 is 1.03 bits per heavy atom. The van der Waals surface area contributed by atoms with E-state index in [9.17, 15) is 4.79 Å². The highest BCUT2D eigenvalue weighted by Crippen LogP contribution is 2.34. The minimum atomic E-state index is -0.204. The van der Waals surface area contributed by atoms with E-state index in [0.717, 1.165) is 21.3 Å². The average Bonchev–Trinajstić information content (AvgIpc) is 3.40. The van der Waals surface area contributed by atoms with Gasteiger partial charge in [0, 0.05) is 10.0 Å². The van der Waals surface area contributed by atoms with Gasteiger partial charge in [-0.05, 0) is 67.1 Å². The first-order valence-corrected chi connectivity index (χ1v) is 10.9. The minimum Gasteiger partial charge on any atom is -0.494 e. The van der Waals surface area contributed by atoms with Crippen molar-refractivity contribution in [3.8, 4) is 17.2 Å². The van der Waals surface area contributed by atoms with Crippen LogP contribution in [0.25, 0.3) is 6.08 Å². The number of rotatable bonds is 5. The molecule has 0 N–H and O–H groups in total. The molecule has 3 aromatic carbocycles. The number of hydrogen-bond acceptors (Lipinski definition) is 5. The van der Waals surface area contributed by atoms with Crippen molar-refractivity contribution in [2.45, 2.75) is 6.92 Å². The van der Waals surface area contributed by atoms with Crippen molar-refractivity contribution in [3.63, 3.8) is 0 Å². The summed E-state index contributed by atoms with van der Waals surface area (Å²) in [6.07, 6.45) is 1.76. The molecular formula is C25H19BrN2O4. The molecule has 2 aliphatic rings. The number of amidine groups is 1. The third kappa shape index (κ3) is 3.87. The minimum absolute atomic E-state index is 0.200. The van der Waals surface area contributed by atoms with E-state index >= 15 is 0 Å². The predicted octanol–water partition coefficient (Wildman–Crippen LogP) is 5.41. The number of amides is 1. The second-order valence-corrected chi connectivity index (χ2v) is 8.07. The quantitative estimate of drug-likeness (QED) is 0.448. The summed E-state index contributed by atoms with van der Waals surface area (Å²) in [5, 5.41) is 0. The lowest BCUT2D eigenvalue weighted by molar-refractivity contribution is -0.113. The Hall–Kier alpha value is -3.58. The molecule has 2 aliphatic heterocycles. The molecule has 0 atom stereocenters. The summed E-state index contributed by atoms with van der Waals surface area (Å²) >= 11 is 3.46. The fourth-order valence-corrected chi connectivity index (χ4v) is 3.83. The summed E-state index contributed by atoms with van der Waals surface area (Å²) in [7, 11) is 0. The fourth-order valence-electron chi connectivity index (χ4n) is 3.57. The van der Waals surface area contributed by atoms with Crippen molar-refractivity contribution in [1.82, 2.24) is 0 Å². The molecule has 1 amide bonds. The fraction of sp³-hybridized carbons (Fsp3) is 0.120. The highest BCUT2D eigenvalue weighted by atomic mass is 79.9. The van der Waals surface area contributed by atoms with Gasteiger partial charge in [-0.1, -0.05) is 34.1 Å². The first-order chi connectivity index (χ1) is 15.6. The molecule has 0 saturated heterocycles. The Labute approximate surface area is 193 Å². The number of carbonyl (C=O) groups excluding carboxylic acids is 1. The van der Waals surface area contributed by atoms with E-state index in [1.165, 1.54) is 0 Å². The monoisotopic (exact) mass is 490 g/mol. The van der Waals surface area contributed by atoms with Crippen LogP contribution in [0.1, 0.15) is 18.1 Å². The molecule has 6 nitrogen and oxygen atoms in total. The second kappa shape index (κ2) is 8.51. The zero-order valence-corrected chi connectivity index (χ0v) is 18.8. The Morgan fingerprint density at radius 3 is 2.53 bits per heavy atom. The summed E-state index contributed by atoms with van der Waals surface area (Å²) in [5.41, 5.74) is 2.71. The Morgan fingerprint density at radius 2 is 1.78 bits per heavy atom. The van der Waals surface area contributed by atoms with Crippen molar-refractivity contribution in [3.05, 3.63) is 88.0 Å². The molecule has 7 heteroatoms. The number of aliphatic imine (C=N–C) groups is 1. The lowest BCUT2D eigenvalue weighted by Gasteiger charge is -2.19. The number of anilines is 1. The van der Waals surface area contributed by atoms with E-state index in [4.69, 9.17) is 19.2 Å². The largest absolute Gasteiger partial charge is 0.494 e.